The second-order valence-electron chi connectivity index (χ2n) is 8.67. The van der Waals surface area contributed by atoms with Gasteiger partial charge in [0.2, 0.25) is 0 Å². The van der Waals surface area contributed by atoms with Crippen molar-refractivity contribution in [2.45, 2.75) is 71.4 Å². The lowest BCUT2D eigenvalue weighted by Gasteiger charge is -2.40. The second kappa shape index (κ2) is 5.37. The quantitative estimate of drug-likeness (QED) is 0.820. The van der Waals surface area contributed by atoms with E-state index in [0.29, 0.717) is 5.41 Å². The molecular weight excluding hydrogens is 232 g/mol. The van der Waals surface area contributed by atoms with Crippen LogP contribution in [-0.2, 0) is 0 Å². The van der Waals surface area contributed by atoms with Crippen LogP contribution in [0.2, 0.25) is 0 Å². The number of nitrogens with one attached hydrogen (secondary N) is 1. The highest BCUT2D eigenvalue weighted by Gasteiger charge is 2.35. The topological polar surface area (TPSA) is 15.3 Å². The van der Waals surface area contributed by atoms with E-state index in [2.05, 4.69) is 31.0 Å². The number of piperidine rings is 1. The molecule has 0 aromatic carbocycles. The highest BCUT2D eigenvalue weighted by Crippen LogP contribution is 2.34. The van der Waals surface area contributed by atoms with Crippen molar-refractivity contribution < 1.29 is 0 Å². The minimum atomic E-state index is 0.484. The fourth-order valence-corrected chi connectivity index (χ4v) is 3.84. The standard InChI is InChI=1S/C17H32N2/c1-17(2,3)9-14-8-16(18-15-6-7-15)12-19(11-14)10-13-4-5-13/h13-16,18H,4-12H2,1-3H3. The largest absolute Gasteiger partial charge is 0.310 e. The minimum Gasteiger partial charge on any atom is -0.310 e. The summed E-state index contributed by atoms with van der Waals surface area (Å²) in [6.45, 7) is 11.2. The van der Waals surface area contributed by atoms with Gasteiger partial charge in [0.1, 0.15) is 0 Å². The van der Waals surface area contributed by atoms with Gasteiger partial charge in [0, 0.05) is 31.7 Å². The summed E-state index contributed by atoms with van der Waals surface area (Å²) >= 11 is 0. The molecule has 1 heterocycles. The second-order valence-corrected chi connectivity index (χ2v) is 8.67. The Balaban J connectivity index is 1.55. The number of hydrogen-bond donors (Lipinski definition) is 1. The van der Waals surface area contributed by atoms with Gasteiger partial charge in [-0.2, -0.15) is 0 Å². The van der Waals surface area contributed by atoms with E-state index in [1.165, 1.54) is 58.2 Å². The van der Waals surface area contributed by atoms with Gasteiger partial charge in [-0.1, -0.05) is 20.8 Å². The van der Waals surface area contributed by atoms with E-state index < -0.39 is 0 Å². The lowest BCUT2D eigenvalue weighted by molar-refractivity contribution is 0.109. The minimum absolute atomic E-state index is 0.484. The fraction of sp³-hybridized carbons (Fsp3) is 1.00. The van der Waals surface area contributed by atoms with E-state index in [1.54, 1.807) is 0 Å². The Morgan fingerprint density at radius 1 is 0.947 bits per heavy atom. The number of likely N-dealkylation sites (tertiary alicyclic amines) is 1. The summed E-state index contributed by atoms with van der Waals surface area (Å²) in [4.78, 5) is 2.78. The first-order valence-electron chi connectivity index (χ1n) is 8.46. The molecule has 1 N–H and O–H groups in total. The fourth-order valence-electron chi connectivity index (χ4n) is 3.84. The Labute approximate surface area is 119 Å². The highest BCUT2D eigenvalue weighted by atomic mass is 15.2. The zero-order chi connectivity index (χ0) is 13.5. The van der Waals surface area contributed by atoms with E-state index in [-0.39, 0.29) is 0 Å². The first kappa shape index (κ1) is 13.9. The molecule has 2 saturated carbocycles. The number of hydrogen-bond acceptors (Lipinski definition) is 2. The molecule has 110 valence electrons. The molecule has 0 amide bonds. The maximum Gasteiger partial charge on any atom is 0.0200 e. The van der Waals surface area contributed by atoms with Gasteiger partial charge in [-0.25, -0.2) is 0 Å². The van der Waals surface area contributed by atoms with Crippen LogP contribution in [0.3, 0.4) is 0 Å². The van der Waals surface area contributed by atoms with Crippen molar-refractivity contribution in [3.8, 4) is 0 Å². The molecule has 2 unspecified atom stereocenters. The zero-order valence-electron chi connectivity index (χ0n) is 13.1. The Morgan fingerprint density at radius 3 is 2.26 bits per heavy atom. The predicted octanol–water partition coefficient (Wildman–Crippen LogP) is 3.28. The molecule has 0 radical (unpaired) electrons. The van der Waals surface area contributed by atoms with Crippen molar-refractivity contribution >= 4 is 0 Å². The van der Waals surface area contributed by atoms with Gasteiger partial charge in [-0.05, 0) is 55.8 Å². The first-order valence-corrected chi connectivity index (χ1v) is 8.46. The van der Waals surface area contributed by atoms with Gasteiger partial charge in [0.15, 0.2) is 0 Å². The van der Waals surface area contributed by atoms with Gasteiger partial charge in [0.25, 0.3) is 0 Å². The molecule has 2 atom stereocenters. The maximum absolute atomic E-state index is 3.89. The molecular formula is C17H32N2. The van der Waals surface area contributed by atoms with Gasteiger partial charge in [0.05, 0.1) is 0 Å². The first-order chi connectivity index (χ1) is 8.98. The Morgan fingerprint density at radius 2 is 1.68 bits per heavy atom. The van der Waals surface area contributed by atoms with Gasteiger partial charge in [-0.3, -0.25) is 0 Å². The molecule has 19 heavy (non-hydrogen) atoms. The van der Waals surface area contributed by atoms with Gasteiger partial charge < -0.3 is 10.2 Å². The van der Waals surface area contributed by atoms with E-state index in [0.717, 1.165) is 23.9 Å². The van der Waals surface area contributed by atoms with Gasteiger partial charge >= 0.3 is 0 Å². The van der Waals surface area contributed by atoms with Crippen molar-refractivity contribution in [2.75, 3.05) is 19.6 Å². The van der Waals surface area contributed by atoms with Crippen LogP contribution in [0.15, 0.2) is 0 Å². The van der Waals surface area contributed by atoms with Crippen LogP contribution in [0.5, 0.6) is 0 Å². The van der Waals surface area contributed by atoms with Crippen molar-refractivity contribution in [3.05, 3.63) is 0 Å². The van der Waals surface area contributed by atoms with Crippen LogP contribution in [-0.4, -0.2) is 36.6 Å². The third-order valence-corrected chi connectivity index (χ3v) is 4.78. The summed E-state index contributed by atoms with van der Waals surface area (Å²) in [5.74, 6) is 1.94. The lowest BCUT2D eigenvalue weighted by atomic mass is 9.80. The summed E-state index contributed by atoms with van der Waals surface area (Å²) in [6, 6.07) is 1.63. The Bertz CT molecular complexity index is 277. The number of nitrogens with zero attached hydrogens (tertiary/aromatic N) is 1. The molecule has 3 fully saturated rings. The number of rotatable bonds is 5. The molecule has 0 aromatic heterocycles. The van der Waals surface area contributed by atoms with Crippen LogP contribution in [0.25, 0.3) is 0 Å². The van der Waals surface area contributed by atoms with Crippen molar-refractivity contribution in [3.63, 3.8) is 0 Å². The molecule has 2 nitrogen and oxygen atoms in total. The van der Waals surface area contributed by atoms with Crippen LogP contribution < -0.4 is 5.32 Å². The predicted molar refractivity (Wildman–Crippen MR) is 81.3 cm³/mol. The third kappa shape index (κ3) is 4.75. The van der Waals surface area contributed by atoms with Crippen LogP contribution in [0.1, 0.15) is 59.3 Å². The van der Waals surface area contributed by atoms with Crippen molar-refractivity contribution in [1.29, 1.82) is 0 Å². The lowest BCUT2D eigenvalue weighted by Crippen LogP contribution is -2.50. The van der Waals surface area contributed by atoms with E-state index in [1.807, 2.05) is 0 Å². The summed E-state index contributed by atoms with van der Waals surface area (Å²) in [6.07, 6.45) is 8.61. The van der Waals surface area contributed by atoms with Crippen LogP contribution in [0.4, 0.5) is 0 Å². The van der Waals surface area contributed by atoms with E-state index in [4.69, 9.17) is 0 Å². The Kier molecular flexibility index (Phi) is 3.92. The highest BCUT2D eigenvalue weighted by molar-refractivity contribution is 4.92. The summed E-state index contributed by atoms with van der Waals surface area (Å²) in [5, 5.41) is 3.89. The summed E-state index contributed by atoms with van der Waals surface area (Å²) in [5.41, 5.74) is 0.484. The molecule has 0 bridgehead atoms. The molecule has 3 rings (SSSR count). The van der Waals surface area contributed by atoms with Crippen LogP contribution >= 0.6 is 0 Å². The van der Waals surface area contributed by atoms with Gasteiger partial charge in [-0.15, -0.1) is 0 Å². The van der Waals surface area contributed by atoms with E-state index >= 15 is 0 Å². The van der Waals surface area contributed by atoms with Crippen molar-refractivity contribution in [2.24, 2.45) is 17.3 Å². The van der Waals surface area contributed by atoms with Crippen LogP contribution in [0, 0.1) is 17.3 Å². The molecule has 2 heteroatoms. The molecule has 0 spiro atoms. The molecule has 3 aliphatic rings. The third-order valence-electron chi connectivity index (χ3n) is 4.78. The monoisotopic (exact) mass is 264 g/mol. The smallest absolute Gasteiger partial charge is 0.0200 e. The molecule has 1 aliphatic heterocycles. The maximum atomic E-state index is 3.89. The summed E-state index contributed by atoms with van der Waals surface area (Å²) < 4.78 is 0. The normalized spacial score (nSPS) is 33.6. The molecule has 1 saturated heterocycles. The van der Waals surface area contributed by atoms with Crippen molar-refractivity contribution in [1.82, 2.24) is 10.2 Å². The average molecular weight is 264 g/mol. The SMILES string of the molecule is CC(C)(C)CC1CC(NC2CC2)CN(CC2CC2)C1. The van der Waals surface area contributed by atoms with E-state index in [9.17, 15) is 0 Å². The summed E-state index contributed by atoms with van der Waals surface area (Å²) in [7, 11) is 0. The molecule has 0 aromatic rings. The average Bonchev–Trinajstić information content (AvgIpc) is 3.10. The Hall–Kier alpha value is -0.0800. The zero-order valence-corrected chi connectivity index (χ0v) is 13.1. The molecule has 2 aliphatic carbocycles.